The second-order valence-electron chi connectivity index (χ2n) is 6.19. The van der Waals surface area contributed by atoms with Crippen LogP contribution in [0.1, 0.15) is 23.2 Å². The molecule has 144 valence electrons. The molecule has 4 N–H and O–H groups in total. The normalized spacial score (nSPS) is 14.0. The van der Waals surface area contributed by atoms with Crippen molar-refractivity contribution in [2.24, 2.45) is 11.1 Å². The minimum absolute atomic E-state index is 0.123. The van der Waals surface area contributed by atoms with Gasteiger partial charge in [0.1, 0.15) is 0 Å². The van der Waals surface area contributed by atoms with E-state index >= 15 is 0 Å². The monoisotopic (exact) mass is 521 g/mol. The smallest absolute Gasteiger partial charge is 0.276 e. The van der Waals surface area contributed by atoms with E-state index in [1.54, 1.807) is 12.1 Å². The molecule has 0 radical (unpaired) electrons. The zero-order chi connectivity index (χ0) is 19.6. The predicted octanol–water partition coefficient (Wildman–Crippen LogP) is 3.41. The highest BCUT2D eigenvalue weighted by molar-refractivity contribution is 14.1. The van der Waals surface area contributed by atoms with Gasteiger partial charge in [0.15, 0.2) is 0 Å². The molecule has 1 aliphatic rings. The quantitative estimate of drug-likeness (QED) is 0.382. The molecule has 2 aromatic rings. The number of hydrogen-bond donors (Lipinski definition) is 3. The van der Waals surface area contributed by atoms with Crippen LogP contribution in [0.4, 0.5) is 11.4 Å². The van der Waals surface area contributed by atoms with Crippen LogP contribution in [0.15, 0.2) is 41.3 Å². The van der Waals surface area contributed by atoms with Gasteiger partial charge in [0.25, 0.3) is 5.91 Å². The van der Waals surface area contributed by atoms with Gasteiger partial charge in [-0.3, -0.25) is 9.63 Å². The fraction of sp³-hybridized carbons (Fsp3) is 0.235. The molecule has 1 amide bonds. The summed E-state index contributed by atoms with van der Waals surface area (Å²) < 4.78 is 24.3. The summed E-state index contributed by atoms with van der Waals surface area (Å²) in [6, 6.07) is 9.24. The lowest BCUT2D eigenvalue weighted by Gasteiger charge is -2.15. The van der Waals surface area contributed by atoms with Crippen LogP contribution in [0, 0.1) is 9.49 Å². The van der Waals surface area contributed by atoms with Gasteiger partial charge in [0.05, 0.1) is 33.5 Å². The number of carbonyl (C=O) groups is 1. The summed E-state index contributed by atoms with van der Waals surface area (Å²) in [5, 5.41) is 8.64. The lowest BCUT2D eigenvalue weighted by Crippen LogP contribution is -2.25. The van der Waals surface area contributed by atoms with Crippen molar-refractivity contribution in [2.45, 2.75) is 17.7 Å². The fourth-order valence-corrected chi connectivity index (χ4v) is 3.75. The topological polar surface area (TPSA) is 111 Å². The molecule has 1 aliphatic carbocycles. The molecule has 0 aliphatic heterocycles. The van der Waals surface area contributed by atoms with Crippen molar-refractivity contribution in [2.75, 3.05) is 11.9 Å². The second kappa shape index (κ2) is 8.31. The van der Waals surface area contributed by atoms with Gasteiger partial charge in [-0.15, -0.1) is 0 Å². The van der Waals surface area contributed by atoms with Gasteiger partial charge in [-0.25, -0.2) is 19.0 Å². The van der Waals surface area contributed by atoms with Crippen molar-refractivity contribution >= 4 is 61.5 Å². The first kappa shape index (κ1) is 20.3. The summed E-state index contributed by atoms with van der Waals surface area (Å²) in [6.45, 7) is 0.451. The number of hydrogen-bond acceptors (Lipinski definition) is 5. The molecule has 0 spiro atoms. The molecular formula is C17H17ClIN3O4S. The second-order valence-corrected chi connectivity index (χ2v) is 9.40. The van der Waals surface area contributed by atoms with E-state index < -0.39 is 15.9 Å². The summed E-state index contributed by atoms with van der Waals surface area (Å²) in [5.74, 6) is -0.0148. The zero-order valence-electron chi connectivity index (χ0n) is 14.0. The van der Waals surface area contributed by atoms with Crippen LogP contribution in [0.5, 0.6) is 0 Å². The van der Waals surface area contributed by atoms with Crippen molar-refractivity contribution in [3.05, 3.63) is 50.6 Å². The minimum atomic E-state index is -3.93. The van der Waals surface area contributed by atoms with E-state index in [0.29, 0.717) is 23.2 Å². The third-order valence-electron chi connectivity index (χ3n) is 3.95. The molecule has 0 aromatic heterocycles. The van der Waals surface area contributed by atoms with Crippen molar-refractivity contribution in [3.63, 3.8) is 0 Å². The van der Waals surface area contributed by atoms with E-state index in [0.717, 1.165) is 16.4 Å². The Hall–Kier alpha value is -1.40. The highest BCUT2D eigenvalue weighted by atomic mass is 127. The minimum Gasteiger partial charge on any atom is -0.354 e. The maximum absolute atomic E-state index is 12.5. The SMILES string of the molecule is NS(=O)(=O)c1ccc(C(=O)NOCC2CC2)c(Nc2ccc(I)cc2Cl)c1. The largest absolute Gasteiger partial charge is 0.354 e. The van der Waals surface area contributed by atoms with Crippen LogP contribution >= 0.6 is 34.2 Å². The van der Waals surface area contributed by atoms with Gasteiger partial charge >= 0.3 is 0 Å². The molecule has 2 aromatic carbocycles. The zero-order valence-corrected chi connectivity index (χ0v) is 17.8. The lowest BCUT2D eigenvalue weighted by molar-refractivity contribution is 0.0271. The molecule has 0 heterocycles. The Labute approximate surface area is 175 Å². The van der Waals surface area contributed by atoms with Gasteiger partial charge in [-0.1, -0.05) is 11.6 Å². The van der Waals surface area contributed by atoms with Crippen molar-refractivity contribution in [1.29, 1.82) is 0 Å². The average molecular weight is 522 g/mol. The van der Waals surface area contributed by atoms with Crippen molar-refractivity contribution in [3.8, 4) is 0 Å². The first-order chi connectivity index (χ1) is 12.7. The number of nitrogens with one attached hydrogen (secondary N) is 2. The van der Waals surface area contributed by atoms with E-state index in [-0.39, 0.29) is 16.1 Å². The van der Waals surface area contributed by atoms with E-state index in [1.807, 2.05) is 6.07 Å². The number of benzene rings is 2. The maximum Gasteiger partial charge on any atom is 0.276 e. The number of halogens is 2. The third kappa shape index (κ3) is 5.55. The fourth-order valence-electron chi connectivity index (χ4n) is 2.30. The summed E-state index contributed by atoms with van der Waals surface area (Å²) >= 11 is 8.35. The van der Waals surface area contributed by atoms with Crippen LogP contribution in [-0.2, 0) is 14.9 Å². The number of carbonyl (C=O) groups excluding carboxylic acids is 1. The molecule has 1 saturated carbocycles. The molecule has 0 bridgehead atoms. The molecule has 10 heteroatoms. The van der Waals surface area contributed by atoms with Gasteiger partial charge in [0.2, 0.25) is 10.0 Å². The van der Waals surface area contributed by atoms with E-state index in [9.17, 15) is 13.2 Å². The Bertz CT molecular complexity index is 980. The Morgan fingerprint density at radius 3 is 2.59 bits per heavy atom. The number of rotatable bonds is 7. The summed E-state index contributed by atoms with van der Waals surface area (Å²) in [5.41, 5.74) is 3.36. The Morgan fingerprint density at radius 1 is 1.22 bits per heavy atom. The average Bonchev–Trinajstić information content (AvgIpc) is 3.40. The predicted molar refractivity (Wildman–Crippen MR) is 111 cm³/mol. The molecule has 27 heavy (non-hydrogen) atoms. The molecule has 1 fully saturated rings. The van der Waals surface area contributed by atoms with Crippen molar-refractivity contribution in [1.82, 2.24) is 5.48 Å². The molecule has 0 atom stereocenters. The van der Waals surface area contributed by atoms with Gasteiger partial charge < -0.3 is 5.32 Å². The molecule has 7 nitrogen and oxygen atoms in total. The molecule has 0 unspecified atom stereocenters. The standard InChI is InChI=1S/C17H17ClIN3O4S/c18-14-7-11(19)3-6-15(14)21-16-8-12(27(20,24)25)4-5-13(16)17(23)22-26-9-10-1-2-10/h3-8,10,21H,1-2,9H2,(H,22,23)(H2,20,24,25). The van der Waals surface area contributed by atoms with Crippen LogP contribution in [-0.4, -0.2) is 20.9 Å². The van der Waals surface area contributed by atoms with E-state index in [1.165, 1.54) is 18.2 Å². The summed E-state index contributed by atoms with van der Waals surface area (Å²) in [4.78, 5) is 17.6. The van der Waals surface area contributed by atoms with E-state index in [2.05, 4.69) is 33.4 Å². The van der Waals surface area contributed by atoms with Gasteiger partial charge in [-0.05, 0) is 77.7 Å². The maximum atomic E-state index is 12.5. The number of anilines is 2. The van der Waals surface area contributed by atoms with Gasteiger partial charge in [0, 0.05) is 3.57 Å². The lowest BCUT2D eigenvalue weighted by atomic mass is 10.1. The summed E-state index contributed by atoms with van der Waals surface area (Å²) in [6.07, 6.45) is 2.19. The van der Waals surface area contributed by atoms with Crippen LogP contribution in [0.25, 0.3) is 0 Å². The number of sulfonamides is 1. The Morgan fingerprint density at radius 2 is 1.96 bits per heavy atom. The number of amides is 1. The first-order valence-corrected chi connectivity index (χ1v) is 11.1. The van der Waals surface area contributed by atoms with E-state index in [4.69, 9.17) is 21.6 Å². The number of primary sulfonamides is 1. The number of nitrogens with two attached hydrogens (primary N) is 1. The van der Waals surface area contributed by atoms with Crippen LogP contribution in [0.3, 0.4) is 0 Å². The van der Waals surface area contributed by atoms with Crippen LogP contribution in [0.2, 0.25) is 5.02 Å². The third-order valence-corrected chi connectivity index (χ3v) is 5.84. The Balaban J connectivity index is 1.90. The highest BCUT2D eigenvalue weighted by Gasteiger charge is 2.22. The number of hydroxylamine groups is 1. The summed E-state index contributed by atoms with van der Waals surface area (Å²) in [7, 11) is -3.93. The molecule has 0 saturated heterocycles. The molecule has 3 rings (SSSR count). The highest BCUT2D eigenvalue weighted by Crippen LogP contribution is 2.30. The Kier molecular flexibility index (Phi) is 6.26. The first-order valence-electron chi connectivity index (χ1n) is 8.05. The van der Waals surface area contributed by atoms with Crippen molar-refractivity contribution < 1.29 is 18.0 Å². The van der Waals surface area contributed by atoms with Gasteiger partial charge in [-0.2, -0.15) is 0 Å². The van der Waals surface area contributed by atoms with Crippen LogP contribution < -0.4 is 15.9 Å². The molecular weight excluding hydrogens is 505 g/mol.